The summed E-state index contributed by atoms with van der Waals surface area (Å²) in [7, 11) is 0. The first-order chi connectivity index (χ1) is 15.1. The van der Waals surface area contributed by atoms with E-state index in [4.69, 9.17) is 5.73 Å². The monoisotopic (exact) mass is 419 g/mol. The highest BCUT2D eigenvalue weighted by Gasteiger charge is 2.34. The third-order valence-electron chi connectivity index (χ3n) is 6.90. The van der Waals surface area contributed by atoms with Crippen molar-refractivity contribution < 1.29 is 9.59 Å². The number of hydrogen-bond acceptors (Lipinski definition) is 3. The zero-order chi connectivity index (χ0) is 21.6. The van der Waals surface area contributed by atoms with Crippen molar-refractivity contribution in [3.63, 3.8) is 0 Å². The molecule has 4 rings (SSSR count). The van der Waals surface area contributed by atoms with Gasteiger partial charge < -0.3 is 10.6 Å². The Morgan fingerprint density at radius 1 is 0.806 bits per heavy atom. The number of primary amides is 1. The van der Waals surface area contributed by atoms with Gasteiger partial charge in [0.1, 0.15) is 0 Å². The molecule has 2 heterocycles. The smallest absolute Gasteiger partial charge is 0.254 e. The molecule has 31 heavy (non-hydrogen) atoms. The van der Waals surface area contributed by atoms with Gasteiger partial charge in [0.2, 0.25) is 5.91 Å². The van der Waals surface area contributed by atoms with Gasteiger partial charge in [0, 0.05) is 30.3 Å². The highest BCUT2D eigenvalue weighted by molar-refractivity contribution is 5.94. The number of piperidine rings is 1. The molecule has 0 saturated carbocycles. The Balaban J connectivity index is 1.37. The van der Waals surface area contributed by atoms with Crippen molar-refractivity contribution in [3.8, 4) is 0 Å². The molecule has 164 valence electrons. The second-order valence-electron chi connectivity index (χ2n) is 8.96. The molecule has 0 unspecified atom stereocenters. The van der Waals surface area contributed by atoms with Gasteiger partial charge >= 0.3 is 0 Å². The summed E-state index contributed by atoms with van der Waals surface area (Å²) in [6.45, 7) is 3.87. The lowest BCUT2D eigenvalue weighted by Crippen LogP contribution is -2.47. The zero-order valence-electron chi connectivity index (χ0n) is 18.2. The summed E-state index contributed by atoms with van der Waals surface area (Å²) in [6.07, 6.45) is 6.92. The third kappa shape index (κ3) is 5.34. The minimum atomic E-state index is -0.384. The maximum atomic E-state index is 13.3. The summed E-state index contributed by atoms with van der Waals surface area (Å²) in [4.78, 5) is 29.2. The number of likely N-dealkylation sites (tertiary alicyclic amines) is 2. The molecule has 2 aliphatic heterocycles. The van der Waals surface area contributed by atoms with Gasteiger partial charge in [-0.1, -0.05) is 43.2 Å². The van der Waals surface area contributed by atoms with Crippen LogP contribution in [0, 0.1) is 5.92 Å². The van der Waals surface area contributed by atoms with Crippen molar-refractivity contribution in [1.29, 1.82) is 0 Å². The number of benzene rings is 2. The van der Waals surface area contributed by atoms with Gasteiger partial charge in [-0.25, -0.2) is 0 Å². The molecule has 2 N–H and O–H groups in total. The van der Waals surface area contributed by atoms with Crippen LogP contribution in [0.4, 0.5) is 0 Å². The molecule has 0 aromatic heterocycles. The molecular weight excluding hydrogens is 386 g/mol. The van der Waals surface area contributed by atoms with Crippen LogP contribution in [-0.4, -0.2) is 47.3 Å². The number of rotatable bonds is 5. The number of carbonyl (C=O) groups is 2. The quantitative estimate of drug-likeness (QED) is 0.794. The molecule has 0 radical (unpaired) electrons. The van der Waals surface area contributed by atoms with Gasteiger partial charge in [-0.05, 0) is 74.5 Å². The minimum absolute atomic E-state index is 0.199. The van der Waals surface area contributed by atoms with Crippen molar-refractivity contribution >= 4 is 11.8 Å². The molecule has 2 amide bonds. The highest BCUT2D eigenvalue weighted by atomic mass is 16.2. The van der Waals surface area contributed by atoms with Crippen LogP contribution in [0.1, 0.15) is 64.8 Å². The van der Waals surface area contributed by atoms with Crippen LogP contribution in [0.25, 0.3) is 0 Å². The molecule has 5 nitrogen and oxygen atoms in total. The lowest BCUT2D eigenvalue weighted by Gasteiger charge is -2.41. The van der Waals surface area contributed by atoms with Gasteiger partial charge in [-0.2, -0.15) is 0 Å². The Labute approximate surface area is 185 Å². The van der Waals surface area contributed by atoms with E-state index < -0.39 is 0 Å². The van der Waals surface area contributed by atoms with Gasteiger partial charge in [-0.3, -0.25) is 14.5 Å². The largest absolute Gasteiger partial charge is 0.366 e. The van der Waals surface area contributed by atoms with Crippen LogP contribution in [0.2, 0.25) is 0 Å². The summed E-state index contributed by atoms with van der Waals surface area (Å²) in [5.41, 5.74) is 7.91. The SMILES string of the molecule is NC(=O)c1ccc(CN2CCC([C@H]3CCCCCN3C(=O)c3ccccc3)CC2)cc1. The first kappa shape index (κ1) is 21.6. The van der Waals surface area contributed by atoms with E-state index >= 15 is 0 Å². The second kappa shape index (κ2) is 10.1. The van der Waals surface area contributed by atoms with Gasteiger partial charge in [0.25, 0.3) is 5.91 Å². The standard InChI is InChI=1S/C26H33N3O2/c27-25(30)22-12-10-20(11-13-22)19-28-17-14-21(15-18-28)24-9-5-2-6-16-29(24)26(31)23-7-3-1-4-8-23/h1,3-4,7-8,10-13,21,24H,2,5-6,9,14-19H2,(H2,27,30)/t24-/m1/s1. The molecule has 2 saturated heterocycles. The molecule has 0 aliphatic carbocycles. The van der Waals surface area contributed by atoms with E-state index in [0.29, 0.717) is 17.5 Å². The zero-order valence-corrected chi connectivity index (χ0v) is 18.2. The van der Waals surface area contributed by atoms with Crippen molar-refractivity contribution in [2.45, 2.75) is 51.1 Å². The van der Waals surface area contributed by atoms with Gasteiger partial charge in [0.05, 0.1) is 0 Å². The number of nitrogens with zero attached hydrogens (tertiary/aromatic N) is 2. The Bertz CT molecular complexity index is 873. The molecule has 0 bridgehead atoms. The predicted octanol–water partition coefficient (Wildman–Crippen LogP) is 4.08. The lowest BCUT2D eigenvalue weighted by atomic mass is 9.85. The minimum Gasteiger partial charge on any atom is -0.366 e. The summed E-state index contributed by atoms with van der Waals surface area (Å²) < 4.78 is 0. The fourth-order valence-electron chi connectivity index (χ4n) is 5.15. The number of hydrogen-bond donors (Lipinski definition) is 1. The van der Waals surface area contributed by atoms with Crippen LogP contribution >= 0.6 is 0 Å². The van der Waals surface area contributed by atoms with Crippen LogP contribution in [0.15, 0.2) is 54.6 Å². The molecule has 2 aromatic rings. The molecule has 2 fully saturated rings. The predicted molar refractivity (Wildman–Crippen MR) is 123 cm³/mol. The molecule has 1 atom stereocenters. The average molecular weight is 420 g/mol. The van der Waals surface area contributed by atoms with Crippen molar-refractivity contribution in [2.24, 2.45) is 11.7 Å². The number of amides is 2. The Morgan fingerprint density at radius 2 is 1.52 bits per heavy atom. The Kier molecular flexibility index (Phi) is 7.03. The van der Waals surface area contributed by atoms with Crippen molar-refractivity contribution in [3.05, 3.63) is 71.3 Å². The van der Waals surface area contributed by atoms with Crippen molar-refractivity contribution in [1.82, 2.24) is 9.80 Å². The van der Waals surface area contributed by atoms with E-state index in [1.54, 1.807) is 0 Å². The summed E-state index contributed by atoms with van der Waals surface area (Å²) in [5, 5.41) is 0. The van der Waals surface area contributed by atoms with E-state index in [0.717, 1.165) is 57.4 Å². The van der Waals surface area contributed by atoms with Gasteiger partial charge in [-0.15, -0.1) is 0 Å². The molecular formula is C26H33N3O2. The molecule has 5 heteroatoms. The van der Waals surface area contributed by atoms with Crippen LogP contribution in [0.5, 0.6) is 0 Å². The summed E-state index contributed by atoms with van der Waals surface area (Å²) in [5.74, 6) is 0.383. The van der Waals surface area contributed by atoms with Crippen LogP contribution in [-0.2, 0) is 6.54 Å². The lowest BCUT2D eigenvalue weighted by molar-refractivity contribution is 0.0515. The van der Waals surface area contributed by atoms with Gasteiger partial charge in [0.15, 0.2) is 0 Å². The normalized spacial score (nSPS) is 20.9. The number of nitrogens with two attached hydrogens (primary N) is 1. The number of carbonyl (C=O) groups excluding carboxylic acids is 2. The molecule has 2 aromatic carbocycles. The topological polar surface area (TPSA) is 66.6 Å². The van der Waals surface area contributed by atoms with E-state index in [-0.39, 0.29) is 11.8 Å². The van der Waals surface area contributed by atoms with E-state index in [1.807, 2.05) is 54.6 Å². The fraction of sp³-hybridized carbons (Fsp3) is 0.462. The van der Waals surface area contributed by atoms with E-state index in [1.165, 1.54) is 18.4 Å². The Morgan fingerprint density at radius 3 is 2.19 bits per heavy atom. The fourth-order valence-corrected chi connectivity index (χ4v) is 5.15. The summed E-state index contributed by atoms with van der Waals surface area (Å²) >= 11 is 0. The average Bonchev–Trinajstić information content (AvgIpc) is 3.06. The molecule has 0 spiro atoms. The Hall–Kier alpha value is -2.66. The first-order valence-corrected chi connectivity index (χ1v) is 11.6. The molecule has 2 aliphatic rings. The van der Waals surface area contributed by atoms with Crippen LogP contribution in [0.3, 0.4) is 0 Å². The van der Waals surface area contributed by atoms with Crippen LogP contribution < -0.4 is 5.73 Å². The van der Waals surface area contributed by atoms with Crippen molar-refractivity contribution in [2.75, 3.05) is 19.6 Å². The first-order valence-electron chi connectivity index (χ1n) is 11.6. The maximum Gasteiger partial charge on any atom is 0.254 e. The highest BCUT2D eigenvalue weighted by Crippen LogP contribution is 2.31. The third-order valence-corrected chi connectivity index (χ3v) is 6.90. The maximum absolute atomic E-state index is 13.3. The van der Waals surface area contributed by atoms with E-state index in [2.05, 4.69) is 9.80 Å². The van der Waals surface area contributed by atoms with E-state index in [9.17, 15) is 9.59 Å². The second-order valence-corrected chi connectivity index (χ2v) is 8.96. The summed E-state index contributed by atoms with van der Waals surface area (Å²) in [6, 6.07) is 17.7.